The summed E-state index contributed by atoms with van der Waals surface area (Å²) in [6.07, 6.45) is 0. The molecule has 3 N–H and O–H groups in total. The van der Waals surface area contributed by atoms with Crippen molar-refractivity contribution in [3.05, 3.63) is 45.4 Å². The fraction of sp³-hybridized carbons (Fsp3) is 0. The monoisotopic (exact) mass is 333 g/mol. The van der Waals surface area contributed by atoms with Crippen molar-refractivity contribution in [1.29, 1.82) is 0 Å². The molecule has 18 heavy (non-hydrogen) atoms. The number of anilines is 3. The summed E-state index contributed by atoms with van der Waals surface area (Å²) >= 11 is 9.12. The summed E-state index contributed by atoms with van der Waals surface area (Å²) in [5.41, 5.74) is 5.79. The number of hydrogen-bond acceptors (Lipinski definition) is 3. The molecule has 94 valence electrons. The SMILES string of the molecule is Nc1nc(Nc2ccc(Br)c(Cl)c2)c(F)cc1F. The van der Waals surface area contributed by atoms with E-state index in [2.05, 4.69) is 26.2 Å². The number of benzene rings is 1. The second kappa shape index (κ2) is 5.07. The van der Waals surface area contributed by atoms with Gasteiger partial charge in [-0.15, -0.1) is 0 Å². The van der Waals surface area contributed by atoms with E-state index in [9.17, 15) is 8.78 Å². The lowest BCUT2D eigenvalue weighted by Gasteiger charge is -2.08. The molecule has 0 amide bonds. The Bertz CT molecular complexity index is 607. The fourth-order valence-electron chi connectivity index (χ4n) is 1.28. The highest BCUT2D eigenvalue weighted by molar-refractivity contribution is 9.10. The Morgan fingerprint density at radius 1 is 1.22 bits per heavy atom. The van der Waals surface area contributed by atoms with E-state index in [1.165, 1.54) is 0 Å². The molecule has 7 heteroatoms. The molecule has 0 atom stereocenters. The van der Waals surface area contributed by atoms with Gasteiger partial charge in [0.05, 0.1) is 5.02 Å². The largest absolute Gasteiger partial charge is 0.381 e. The first-order valence-corrected chi connectivity index (χ1v) is 5.98. The molecular formula is C11H7BrClF2N3. The Morgan fingerprint density at radius 3 is 2.61 bits per heavy atom. The molecule has 0 fully saturated rings. The van der Waals surface area contributed by atoms with Gasteiger partial charge in [0.2, 0.25) is 0 Å². The smallest absolute Gasteiger partial charge is 0.169 e. The van der Waals surface area contributed by atoms with Gasteiger partial charge in [0.1, 0.15) is 0 Å². The summed E-state index contributed by atoms with van der Waals surface area (Å²) in [5, 5.41) is 3.12. The van der Waals surface area contributed by atoms with Gasteiger partial charge in [-0.3, -0.25) is 0 Å². The quantitative estimate of drug-likeness (QED) is 0.869. The zero-order valence-electron chi connectivity index (χ0n) is 8.85. The van der Waals surface area contributed by atoms with Gasteiger partial charge in [0.25, 0.3) is 0 Å². The van der Waals surface area contributed by atoms with Gasteiger partial charge in [0.15, 0.2) is 23.3 Å². The molecule has 0 saturated heterocycles. The van der Waals surface area contributed by atoms with Crippen molar-refractivity contribution in [3.63, 3.8) is 0 Å². The first-order chi connectivity index (χ1) is 8.47. The highest BCUT2D eigenvalue weighted by Gasteiger charge is 2.10. The summed E-state index contributed by atoms with van der Waals surface area (Å²) in [4.78, 5) is 3.58. The van der Waals surface area contributed by atoms with Crippen molar-refractivity contribution in [2.45, 2.75) is 0 Å². The van der Waals surface area contributed by atoms with Crippen molar-refractivity contribution < 1.29 is 8.78 Å². The minimum Gasteiger partial charge on any atom is -0.381 e. The number of pyridine rings is 1. The van der Waals surface area contributed by atoms with Crippen LogP contribution in [0.5, 0.6) is 0 Å². The third-order valence-electron chi connectivity index (χ3n) is 2.14. The maximum Gasteiger partial charge on any atom is 0.169 e. The molecule has 0 spiro atoms. The molecule has 2 rings (SSSR count). The average Bonchev–Trinajstić information content (AvgIpc) is 2.31. The van der Waals surface area contributed by atoms with E-state index in [1.807, 2.05) is 0 Å². The van der Waals surface area contributed by atoms with Crippen LogP contribution in [0.2, 0.25) is 5.02 Å². The topological polar surface area (TPSA) is 50.9 Å². The number of nitrogens with two attached hydrogens (primary N) is 1. The number of nitrogen functional groups attached to an aromatic ring is 1. The number of rotatable bonds is 2. The summed E-state index contributed by atoms with van der Waals surface area (Å²) in [6, 6.07) is 5.60. The van der Waals surface area contributed by atoms with E-state index in [1.54, 1.807) is 18.2 Å². The zero-order chi connectivity index (χ0) is 13.3. The van der Waals surface area contributed by atoms with Crippen molar-refractivity contribution in [2.75, 3.05) is 11.1 Å². The molecular weight excluding hydrogens is 327 g/mol. The van der Waals surface area contributed by atoms with Crippen molar-refractivity contribution in [1.82, 2.24) is 4.98 Å². The summed E-state index contributed by atoms with van der Waals surface area (Å²) in [6.45, 7) is 0. The number of nitrogens with one attached hydrogen (secondary N) is 1. The third-order valence-corrected chi connectivity index (χ3v) is 3.37. The van der Waals surface area contributed by atoms with Crippen LogP contribution >= 0.6 is 27.5 Å². The van der Waals surface area contributed by atoms with Gasteiger partial charge in [-0.05, 0) is 34.1 Å². The van der Waals surface area contributed by atoms with Gasteiger partial charge < -0.3 is 11.1 Å². The second-order valence-electron chi connectivity index (χ2n) is 3.44. The minimum atomic E-state index is -0.896. The van der Waals surface area contributed by atoms with E-state index in [4.69, 9.17) is 17.3 Å². The number of nitrogens with zero attached hydrogens (tertiary/aromatic N) is 1. The molecule has 1 heterocycles. The van der Waals surface area contributed by atoms with Crippen molar-refractivity contribution >= 4 is 44.9 Å². The zero-order valence-corrected chi connectivity index (χ0v) is 11.2. The predicted octanol–water partition coefficient (Wildman–Crippen LogP) is 4.10. The van der Waals surface area contributed by atoms with Crippen LogP contribution in [0.3, 0.4) is 0 Å². The van der Waals surface area contributed by atoms with Crippen LogP contribution in [0.25, 0.3) is 0 Å². The fourth-order valence-corrected chi connectivity index (χ4v) is 1.71. The molecule has 0 saturated carbocycles. The van der Waals surface area contributed by atoms with Gasteiger partial charge >= 0.3 is 0 Å². The molecule has 1 aromatic heterocycles. The Balaban J connectivity index is 2.34. The second-order valence-corrected chi connectivity index (χ2v) is 4.70. The van der Waals surface area contributed by atoms with Gasteiger partial charge in [-0.1, -0.05) is 11.6 Å². The summed E-state index contributed by atoms with van der Waals surface area (Å²) in [5.74, 6) is -2.26. The Hall–Kier alpha value is -1.40. The molecule has 3 nitrogen and oxygen atoms in total. The highest BCUT2D eigenvalue weighted by atomic mass is 79.9. The molecule has 2 aromatic rings. The average molecular weight is 335 g/mol. The Morgan fingerprint density at radius 2 is 1.94 bits per heavy atom. The van der Waals surface area contributed by atoms with Crippen molar-refractivity contribution in [2.24, 2.45) is 0 Å². The first kappa shape index (κ1) is 13.0. The lowest BCUT2D eigenvalue weighted by Crippen LogP contribution is -2.03. The summed E-state index contributed by atoms with van der Waals surface area (Å²) < 4.78 is 27.1. The molecule has 0 unspecified atom stereocenters. The van der Waals surface area contributed by atoms with Crippen LogP contribution in [0.1, 0.15) is 0 Å². The summed E-state index contributed by atoms with van der Waals surface area (Å²) in [7, 11) is 0. The van der Waals surface area contributed by atoms with E-state index in [0.717, 1.165) is 0 Å². The first-order valence-electron chi connectivity index (χ1n) is 4.81. The van der Waals surface area contributed by atoms with Crippen LogP contribution in [-0.4, -0.2) is 4.98 Å². The molecule has 0 aliphatic rings. The van der Waals surface area contributed by atoms with Gasteiger partial charge in [-0.2, -0.15) is 0 Å². The molecule has 1 aromatic carbocycles. The maximum absolute atomic E-state index is 13.4. The lowest BCUT2D eigenvalue weighted by atomic mass is 10.3. The number of aromatic nitrogens is 1. The molecule has 0 aliphatic heterocycles. The molecule has 0 aliphatic carbocycles. The van der Waals surface area contributed by atoms with Gasteiger partial charge in [-0.25, -0.2) is 13.8 Å². The molecule has 0 radical (unpaired) electrons. The van der Waals surface area contributed by atoms with E-state index in [-0.39, 0.29) is 11.6 Å². The Kier molecular flexibility index (Phi) is 3.68. The van der Waals surface area contributed by atoms with Crippen LogP contribution < -0.4 is 11.1 Å². The van der Waals surface area contributed by atoms with Gasteiger partial charge in [0, 0.05) is 16.2 Å². The van der Waals surface area contributed by atoms with Crippen LogP contribution in [-0.2, 0) is 0 Å². The standard InChI is InChI=1S/C11H7BrClF2N3/c12-6-2-1-5(3-7(6)13)17-11-9(15)4-8(14)10(16)18-11/h1-4H,(H3,16,17,18). The normalized spacial score (nSPS) is 10.4. The van der Waals surface area contributed by atoms with Crippen LogP contribution in [0.15, 0.2) is 28.7 Å². The predicted molar refractivity (Wildman–Crippen MR) is 71.0 cm³/mol. The van der Waals surface area contributed by atoms with Crippen LogP contribution in [0, 0.1) is 11.6 Å². The number of hydrogen-bond donors (Lipinski definition) is 2. The Labute approximate surface area is 115 Å². The van der Waals surface area contributed by atoms with E-state index < -0.39 is 11.6 Å². The lowest BCUT2D eigenvalue weighted by molar-refractivity contribution is 0.581. The van der Waals surface area contributed by atoms with E-state index >= 15 is 0 Å². The minimum absolute atomic E-state index is 0.160. The maximum atomic E-state index is 13.4. The third kappa shape index (κ3) is 2.70. The van der Waals surface area contributed by atoms with E-state index in [0.29, 0.717) is 21.2 Å². The molecule has 0 bridgehead atoms. The highest BCUT2D eigenvalue weighted by Crippen LogP contribution is 2.28. The van der Waals surface area contributed by atoms with Crippen LogP contribution in [0.4, 0.5) is 26.1 Å². The number of halogens is 4. The van der Waals surface area contributed by atoms with Crippen molar-refractivity contribution in [3.8, 4) is 0 Å².